The molecule has 0 saturated heterocycles. The van der Waals surface area contributed by atoms with Crippen molar-refractivity contribution in [1.82, 2.24) is 0 Å². The van der Waals surface area contributed by atoms with E-state index in [9.17, 15) is 4.79 Å². The summed E-state index contributed by atoms with van der Waals surface area (Å²) < 4.78 is 10.1. The number of carbonyl (C=O) groups excluding carboxylic acids is 1. The number of aldehydes is 1. The Morgan fingerprint density at radius 1 is 1.00 bits per heavy atom. The van der Waals surface area contributed by atoms with Crippen molar-refractivity contribution >= 4 is 6.29 Å². The van der Waals surface area contributed by atoms with Gasteiger partial charge in [0.2, 0.25) is 0 Å². The van der Waals surface area contributed by atoms with E-state index in [4.69, 9.17) is 35.0 Å². The Balaban J connectivity index is 0. The number of hydrogen-bond donors (Lipinski definition) is 5. The molecule has 122 valence electrons. The van der Waals surface area contributed by atoms with Crippen molar-refractivity contribution in [3.63, 3.8) is 0 Å². The van der Waals surface area contributed by atoms with Gasteiger partial charge in [0, 0.05) is 13.2 Å². The average molecular weight is 298 g/mol. The Morgan fingerprint density at radius 3 is 1.75 bits per heavy atom. The topological polar surface area (TPSA) is 137 Å². The molecule has 0 bridgehead atoms. The van der Waals surface area contributed by atoms with Crippen LogP contribution >= 0.6 is 0 Å². The van der Waals surface area contributed by atoms with Crippen LogP contribution in [-0.2, 0) is 14.3 Å². The highest BCUT2D eigenvalue weighted by Crippen LogP contribution is 2.02. The maximum absolute atomic E-state index is 9.90. The molecular formula is C12H26O8. The summed E-state index contributed by atoms with van der Waals surface area (Å²) in [6, 6.07) is 0. The van der Waals surface area contributed by atoms with E-state index in [0.29, 0.717) is 0 Å². The van der Waals surface area contributed by atoms with Crippen LogP contribution in [0.1, 0.15) is 20.8 Å². The van der Waals surface area contributed by atoms with E-state index in [0.717, 1.165) is 13.2 Å². The van der Waals surface area contributed by atoms with Crippen LogP contribution < -0.4 is 0 Å². The summed E-state index contributed by atoms with van der Waals surface area (Å²) in [6.07, 6.45) is -6.88. The number of ether oxygens (including phenoxy) is 2. The van der Waals surface area contributed by atoms with E-state index in [1.807, 2.05) is 20.8 Å². The third-order valence-electron chi connectivity index (χ3n) is 2.22. The van der Waals surface area contributed by atoms with Crippen molar-refractivity contribution in [2.45, 2.75) is 51.5 Å². The first kappa shape index (κ1) is 21.7. The van der Waals surface area contributed by atoms with Gasteiger partial charge in [-0.3, -0.25) is 0 Å². The van der Waals surface area contributed by atoms with Gasteiger partial charge < -0.3 is 39.8 Å². The minimum Gasteiger partial charge on any atom is -0.394 e. The lowest BCUT2D eigenvalue weighted by Gasteiger charge is -2.22. The average Bonchev–Trinajstić information content (AvgIpc) is 2.45. The molecule has 0 spiro atoms. The van der Waals surface area contributed by atoms with Gasteiger partial charge in [0.05, 0.1) is 6.61 Å². The molecule has 0 aromatic rings. The van der Waals surface area contributed by atoms with Crippen molar-refractivity contribution in [3.8, 4) is 0 Å². The van der Waals surface area contributed by atoms with Crippen LogP contribution in [0.25, 0.3) is 0 Å². The summed E-state index contributed by atoms with van der Waals surface area (Å²) in [7, 11) is 0. The summed E-state index contributed by atoms with van der Waals surface area (Å²) in [5.74, 6) is 0. The molecule has 4 atom stereocenters. The van der Waals surface area contributed by atoms with Crippen LogP contribution in [-0.4, -0.2) is 82.3 Å². The number of hydrogen-bond acceptors (Lipinski definition) is 8. The molecule has 0 aromatic heterocycles. The number of aliphatic hydroxyl groups excluding tert-OH is 5. The van der Waals surface area contributed by atoms with E-state index in [1.165, 1.54) is 0 Å². The molecule has 8 nitrogen and oxygen atoms in total. The fourth-order valence-electron chi connectivity index (χ4n) is 1.14. The normalized spacial score (nSPS) is 16.9. The predicted molar refractivity (Wildman–Crippen MR) is 69.9 cm³/mol. The molecule has 0 saturated carbocycles. The molecule has 0 amide bonds. The minimum absolute atomic E-state index is 0.0258. The maximum Gasteiger partial charge on any atom is 0.154 e. The molecule has 0 radical (unpaired) electrons. The summed E-state index contributed by atoms with van der Waals surface area (Å²) >= 11 is 0. The molecule has 5 N–H and O–H groups in total. The van der Waals surface area contributed by atoms with E-state index in [1.54, 1.807) is 0 Å². The lowest BCUT2D eigenvalue weighted by atomic mass is 10.0. The smallest absolute Gasteiger partial charge is 0.154 e. The molecule has 0 heterocycles. The quantitative estimate of drug-likeness (QED) is 0.244. The second kappa shape index (κ2) is 13.4. The van der Waals surface area contributed by atoms with Crippen molar-refractivity contribution in [2.75, 3.05) is 19.8 Å². The number of rotatable bonds is 9. The van der Waals surface area contributed by atoms with Crippen LogP contribution in [0.2, 0.25) is 0 Å². The molecule has 0 aliphatic heterocycles. The standard InChI is InChI=1S/C6H12O6.C6H14O2/c7-1-3(9)5(11)6(12)4(10)2-8;1-4-7-6(3)8-5-2/h1,3-6,8-12H,2H2;6H,4-5H2,1-3H3/t3-,4+,5+,6-;/m0./s1. The minimum atomic E-state index is -1.79. The summed E-state index contributed by atoms with van der Waals surface area (Å²) in [5, 5.41) is 43.5. The largest absolute Gasteiger partial charge is 0.394 e. The van der Waals surface area contributed by atoms with Gasteiger partial charge in [-0.25, -0.2) is 0 Å². The van der Waals surface area contributed by atoms with Crippen LogP contribution in [0.4, 0.5) is 0 Å². The Bertz CT molecular complexity index is 220. The van der Waals surface area contributed by atoms with Crippen molar-refractivity contribution < 1.29 is 39.8 Å². The highest BCUT2D eigenvalue weighted by atomic mass is 16.7. The van der Waals surface area contributed by atoms with Crippen molar-refractivity contribution in [1.29, 1.82) is 0 Å². The maximum atomic E-state index is 9.90. The SMILES string of the molecule is CCOC(C)OCC.O=C[C@H](O)[C@@H](O)[C@@H](O)[C@H](O)CO. The third-order valence-corrected chi connectivity index (χ3v) is 2.22. The zero-order valence-electron chi connectivity index (χ0n) is 12.0. The van der Waals surface area contributed by atoms with Crippen molar-refractivity contribution in [2.24, 2.45) is 0 Å². The van der Waals surface area contributed by atoms with Gasteiger partial charge in [-0.05, 0) is 20.8 Å². The summed E-state index contributed by atoms with van der Waals surface area (Å²) in [6.45, 7) is 6.49. The fourth-order valence-corrected chi connectivity index (χ4v) is 1.14. The Labute approximate surface area is 118 Å². The molecular weight excluding hydrogens is 272 g/mol. The zero-order valence-corrected chi connectivity index (χ0v) is 12.0. The molecule has 20 heavy (non-hydrogen) atoms. The molecule has 0 fully saturated rings. The summed E-state index contributed by atoms with van der Waals surface area (Å²) in [4.78, 5) is 9.90. The second-order valence-electron chi connectivity index (χ2n) is 3.84. The van der Waals surface area contributed by atoms with Gasteiger partial charge in [0.15, 0.2) is 12.6 Å². The highest BCUT2D eigenvalue weighted by Gasteiger charge is 2.29. The van der Waals surface area contributed by atoms with E-state index < -0.39 is 31.0 Å². The predicted octanol–water partition coefficient (Wildman–Crippen LogP) is -1.97. The third kappa shape index (κ3) is 10.2. The lowest BCUT2D eigenvalue weighted by molar-refractivity contribution is -0.136. The first-order valence-corrected chi connectivity index (χ1v) is 6.37. The lowest BCUT2D eigenvalue weighted by Crippen LogP contribution is -2.46. The first-order valence-electron chi connectivity index (χ1n) is 6.37. The van der Waals surface area contributed by atoms with E-state index >= 15 is 0 Å². The molecule has 0 rings (SSSR count). The molecule has 0 aliphatic rings. The van der Waals surface area contributed by atoms with Crippen LogP contribution in [0.15, 0.2) is 0 Å². The van der Waals surface area contributed by atoms with Crippen molar-refractivity contribution in [3.05, 3.63) is 0 Å². The number of carbonyl (C=O) groups is 1. The van der Waals surface area contributed by atoms with Gasteiger partial charge in [0.1, 0.15) is 24.4 Å². The fraction of sp³-hybridized carbons (Fsp3) is 0.917. The monoisotopic (exact) mass is 298 g/mol. The van der Waals surface area contributed by atoms with E-state index in [-0.39, 0.29) is 12.6 Å². The molecule has 0 unspecified atom stereocenters. The van der Waals surface area contributed by atoms with Gasteiger partial charge in [0.25, 0.3) is 0 Å². The zero-order chi connectivity index (χ0) is 16.1. The Kier molecular flexibility index (Phi) is 14.5. The van der Waals surface area contributed by atoms with Gasteiger partial charge in [-0.2, -0.15) is 0 Å². The van der Waals surface area contributed by atoms with Gasteiger partial charge in [-0.15, -0.1) is 0 Å². The molecule has 8 heteroatoms. The highest BCUT2D eigenvalue weighted by molar-refractivity contribution is 5.56. The van der Waals surface area contributed by atoms with Gasteiger partial charge in [-0.1, -0.05) is 0 Å². The van der Waals surface area contributed by atoms with E-state index in [2.05, 4.69) is 0 Å². The van der Waals surface area contributed by atoms with Gasteiger partial charge >= 0.3 is 0 Å². The Hall–Kier alpha value is -0.610. The molecule has 0 aromatic carbocycles. The van der Waals surface area contributed by atoms with Crippen LogP contribution in [0.5, 0.6) is 0 Å². The summed E-state index contributed by atoms with van der Waals surface area (Å²) in [5.41, 5.74) is 0. The van der Waals surface area contributed by atoms with Crippen LogP contribution in [0.3, 0.4) is 0 Å². The van der Waals surface area contributed by atoms with Crippen LogP contribution in [0, 0.1) is 0 Å². The second-order valence-corrected chi connectivity index (χ2v) is 3.84. The first-order chi connectivity index (χ1) is 9.35. The molecule has 0 aliphatic carbocycles. The number of aliphatic hydroxyl groups is 5. The Morgan fingerprint density at radius 2 is 1.45 bits per heavy atom.